The van der Waals surface area contributed by atoms with Gasteiger partial charge in [0.1, 0.15) is 17.2 Å². The van der Waals surface area contributed by atoms with E-state index in [-0.39, 0.29) is 20.1 Å². The highest BCUT2D eigenvalue weighted by Gasteiger charge is 2.32. The maximum absolute atomic E-state index is 12.7. The van der Waals surface area contributed by atoms with Gasteiger partial charge in [-0.3, -0.25) is 24.0 Å². The summed E-state index contributed by atoms with van der Waals surface area (Å²) in [5, 5.41) is -0.297. The molecule has 142 valence electrons. The second-order valence-electron chi connectivity index (χ2n) is 5.32. The summed E-state index contributed by atoms with van der Waals surface area (Å²) < 4.78 is 20.7. The van der Waals surface area contributed by atoms with Crippen LogP contribution in [-0.4, -0.2) is 23.7 Å². The number of ketones is 1. The van der Waals surface area contributed by atoms with Gasteiger partial charge < -0.3 is 18.6 Å². The van der Waals surface area contributed by atoms with Crippen molar-refractivity contribution in [3.8, 4) is 17.2 Å². The van der Waals surface area contributed by atoms with Crippen LogP contribution in [0.25, 0.3) is 11.0 Å². The van der Waals surface area contributed by atoms with Gasteiger partial charge in [0.15, 0.2) is 22.9 Å². The second-order valence-corrected chi connectivity index (χ2v) is 6.48. The molecule has 0 unspecified atom stereocenters. The number of hydrogen-bond donors (Lipinski definition) is 0. The highest BCUT2D eigenvalue weighted by atomic mass is 127. The minimum Gasteiger partial charge on any atom is -0.462 e. The van der Waals surface area contributed by atoms with Gasteiger partial charge in [-0.2, -0.15) is 0 Å². The number of fused-ring (bicyclic) bond motifs is 1. The van der Waals surface area contributed by atoms with Gasteiger partial charge in [0.25, 0.3) is 0 Å². The Kier molecular flexibility index (Phi) is 5.98. The molecule has 0 aliphatic carbocycles. The summed E-state index contributed by atoms with van der Waals surface area (Å²) in [6, 6.07) is 0. The fourth-order valence-corrected chi connectivity index (χ4v) is 2.70. The quantitative estimate of drug-likeness (QED) is 0.276. The smallest absolute Gasteiger partial charge is 0.308 e. The van der Waals surface area contributed by atoms with E-state index < -0.39 is 46.4 Å². The molecule has 0 bridgehead atoms. The van der Waals surface area contributed by atoms with Crippen molar-refractivity contribution in [1.82, 2.24) is 0 Å². The van der Waals surface area contributed by atoms with E-state index in [4.69, 9.17) is 18.6 Å². The van der Waals surface area contributed by atoms with Crippen molar-refractivity contribution < 1.29 is 37.8 Å². The molecule has 0 spiro atoms. The second kappa shape index (κ2) is 7.86. The van der Waals surface area contributed by atoms with Crippen LogP contribution in [0.2, 0.25) is 0 Å². The van der Waals surface area contributed by atoms with E-state index in [2.05, 4.69) is 0 Å². The summed E-state index contributed by atoms with van der Waals surface area (Å²) >= 11 is 1.69. The van der Waals surface area contributed by atoms with E-state index in [0.29, 0.717) is 0 Å². The van der Waals surface area contributed by atoms with Gasteiger partial charge in [-0.25, -0.2) is 0 Å². The predicted molar refractivity (Wildman–Crippen MR) is 99.1 cm³/mol. The van der Waals surface area contributed by atoms with Gasteiger partial charge in [0, 0.05) is 20.8 Å². The lowest BCUT2D eigenvalue weighted by Crippen LogP contribution is -2.17. The van der Waals surface area contributed by atoms with Crippen LogP contribution in [0.1, 0.15) is 38.1 Å². The summed E-state index contributed by atoms with van der Waals surface area (Å²) in [6.07, 6.45) is 1.10. The fraction of sp³-hybridized carbons (Fsp3) is 0.235. The molecule has 0 atom stereocenters. The Morgan fingerprint density at radius 1 is 0.852 bits per heavy atom. The van der Waals surface area contributed by atoms with Crippen molar-refractivity contribution in [2.75, 3.05) is 0 Å². The standard InChI is InChI=1S/C17H13IO9/c1-6(19)11-14-12(13(23)10(18)5-24-14)16(26-8(3)21)17(27-9(4)22)15(11)25-7(2)20/h5H,1-4H3. The first-order valence-electron chi connectivity index (χ1n) is 7.41. The highest BCUT2D eigenvalue weighted by molar-refractivity contribution is 14.1. The molecule has 2 rings (SSSR count). The monoisotopic (exact) mass is 488 g/mol. The Labute approximate surface area is 165 Å². The molecule has 10 heteroatoms. The minimum atomic E-state index is -0.860. The molecule has 9 nitrogen and oxygen atoms in total. The number of hydrogen-bond acceptors (Lipinski definition) is 9. The zero-order chi connectivity index (χ0) is 20.5. The minimum absolute atomic E-state index is 0.122. The van der Waals surface area contributed by atoms with Crippen LogP contribution >= 0.6 is 22.6 Å². The van der Waals surface area contributed by atoms with E-state index in [1.807, 2.05) is 0 Å². The van der Waals surface area contributed by atoms with E-state index in [0.717, 1.165) is 34.0 Å². The van der Waals surface area contributed by atoms with Crippen molar-refractivity contribution in [3.63, 3.8) is 0 Å². The van der Waals surface area contributed by atoms with Gasteiger partial charge in [0.2, 0.25) is 11.2 Å². The number of esters is 3. The maximum atomic E-state index is 12.7. The van der Waals surface area contributed by atoms with Crippen LogP contribution in [-0.2, 0) is 14.4 Å². The predicted octanol–water partition coefficient (Wildman–Crippen LogP) is 2.38. The van der Waals surface area contributed by atoms with Crippen LogP contribution in [0.15, 0.2) is 15.5 Å². The first kappa shape index (κ1) is 20.6. The van der Waals surface area contributed by atoms with E-state index in [9.17, 15) is 24.0 Å². The van der Waals surface area contributed by atoms with Crippen LogP contribution in [0.5, 0.6) is 17.2 Å². The number of ether oxygens (including phenoxy) is 3. The number of carbonyl (C=O) groups excluding carboxylic acids is 4. The molecule has 0 saturated heterocycles. The zero-order valence-electron chi connectivity index (χ0n) is 14.6. The normalized spacial score (nSPS) is 10.4. The largest absolute Gasteiger partial charge is 0.462 e. The van der Waals surface area contributed by atoms with Crippen molar-refractivity contribution in [1.29, 1.82) is 0 Å². The van der Waals surface area contributed by atoms with Crippen LogP contribution in [0, 0.1) is 3.57 Å². The van der Waals surface area contributed by atoms with Gasteiger partial charge in [-0.15, -0.1) is 0 Å². The molecule has 0 fully saturated rings. The number of halogens is 1. The summed E-state index contributed by atoms with van der Waals surface area (Å²) in [5.41, 5.74) is -1.20. The fourth-order valence-electron chi connectivity index (χ4n) is 2.31. The molecule has 27 heavy (non-hydrogen) atoms. The molecule has 0 N–H and O–H groups in total. The maximum Gasteiger partial charge on any atom is 0.308 e. The lowest BCUT2D eigenvalue weighted by Gasteiger charge is -2.17. The SMILES string of the molecule is CC(=O)Oc1c(OC(C)=O)c(OC(C)=O)c2c(=O)c(I)coc2c1C(C)=O. The summed E-state index contributed by atoms with van der Waals surface area (Å²) in [5.74, 6) is -4.69. The third-order valence-corrected chi connectivity index (χ3v) is 3.88. The van der Waals surface area contributed by atoms with Crippen molar-refractivity contribution >= 4 is 57.3 Å². The van der Waals surface area contributed by atoms with Gasteiger partial charge in [-0.05, 0) is 29.5 Å². The molecule has 1 aromatic heterocycles. The van der Waals surface area contributed by atoms with Gasteiger partial charge in [-0.1, -0.05) is 0 Å². The average Bonchev–Trinajstić information content (AvgIpc) is 2.52. The molecular formula is C17H13IO9. The Balaban J connectivity index is 3.17. The lowest BCUT2D eigenvalue weighted by molar-refractivity contribution is -0.135. The Morgan fingerprint density at radius 3 is 1.81 bits per heavy atom. The number of Topliss-reactive ketones (excluding diaryl/α,β-unsaturated/α-hetero) is 1. The van der Waals surface area contributed by atoms with E-state index in [1.165, 1.54) is 0 Å². The molecule has 0 radical (unpaired) electrons. The molecule has 1 aromatic carbocycles. The van der Waals surface area contributed by atoms with Gasteiger partial charge in [0.05, 0.1) is 3.57 Å². The van der Waals surface area contributed by atoms with Crippen molar-refractivity contribution in [2.24, 2.45) is 0 Å². The van der Waals surface area contributed by atoms with Crippen LogP contribution < -0.4 is 19.6 Å². The molecule has 1 heterocycles. The van der Waals surface area contributed by atoms with Crippen molar-refractivity contribution in [2.45, 2.75) is 27.7 Å². The molecule has 0 saturated carbocycles. The summed E-state index contributed by atoms with van der Waals surface area (Å²) in [7, 11) is 0. The molecular weight excluding hydrogens is 475 g/mol. The molecule has 2 aromatic rings. The number of benzene rings is 1. The summed E-state index contributed by atoms with van der Waals surface area (Å²) in [4.78, 5) is 59.6. The van der Waals surface area contributed by atoms with Crippen LogP contribution in [0.4, 0.5) is 0 Å². The van der Waals surface area contributed by atoms with E-state index in [1.54, 1.807) is 22.6 Å². The zero-order valence-corrected chi connectivity index (χ0v) is 16.8. The van der Waals surface area contributed by atoms with Crippen molar-refractivity contribution in [3.05, 3.63) is 25.6 Å². The number of carbonyl (C=O) groups is 4. The van der Waals surface area contributed by atoms with Gasteiger partial charge >= 0.3 is 17.9 Å². The highest BCUT2D eigenvalue weighted by Crippen LogP contribution is 2.46. The third kappa shape index (κ3) is 4.15. The first-order chi connectivity index (χ1) is 12.5. The molecule has 0 aliphatic rings. The topological polar surface area (TPSA) is 126 Å². The molecule has 0 amide bonds. The lowest BCUT2D eigenvalue weighted by atomic mass is 10.0. The number of rotatable bonds is 4. The van der Waals surface area contributed by atoms with Crippen LogP contribution in [0.3, 0.4) is 0 Å². The first-order valence-corrected chi connectivity index (χ1v) is 8.49. The Bertz CT molecular complexity index is 1050. The Morgan fingerprint density at radius 2 is 1.33 bits per heavy atom. The third-order valence-electron chi connectivity index (χ3n) is 3.13. The Hall–Kier alpha value is -2.76. The van der Waals surface area contributed by atoms with E-state index >= 15 is 0 Å². The average molecular weight is 488 g/mol. The molecule has 0 aliphatic heterocycles. The summed E-state index contributed by atoms with van der Waals surface area (Å²) in [6.45, 7) is 4.30.